The third-order valence-electron chi connectivity index (χ3n) is 4.79. The molecule has 1 heterocycles. The summed E-state index contributed by atoms with van der Waals surface area (Å²) in [5.74, 6) is 0.755. The minimum Gasteiger partial charge on any atom is -0.383 e. The summed E-state index contributed by atoms with van der Waals surface area (Å²) in [4.78, 5) is 11.8. The number of benzene rings is 1. The fraction of sp³-hybridized carbons (Fsp3) is 0.429. The van der Waals surface area contributed by atoms with Crippen molar-refractivity contribution in [3.05, 3.63) is 42.5 Å². The number of nitrogens with one attached hydrogen (secondary N) is 1. The molecule has 1 atom stereocenters. The number of alkyl halides is 1. The van der Waals surface area contributed by atoms with Crippen molar-refractivity contribution < 1.29 is 0 Å². The van der Waals surface area contributed by atoms with Crippen LogP contribution in [0.3, 0.4) is 0 Å². The van der Waals surface area contributed by atoms with E-state index < -0.39 is 0 Å². The molecule has 0 fully saturated rings. The van der Waals surface area contributed by atoms with E-state index in [0.717, 1.165) is 67.1 Å². The van der Waals surface area contributed by atoms with Crippen LogP contribution in [-0.4, -0.2) is 47.2 Å². The van der Waals surface area contributed by atoms with Crippen LogP contribution in [0.25, 0.3) is 10.9 Å². The van der Waals surface area contributed by atoms with E-state index in [0.29, 0.717) is 0 Å². The van der Waals surface area contributed by atoms with Crippen LogP contribution >= 0.6 is 11.6 Å². The van der Waals surface area contributed by atoms with E-state index in [1.165, 1.54) is 0 Å². The molecular weight excluding hydrogens is 344 g/mol. The molecule has 4 nitrogen and oxygen atoms in total. The van der Waals surface area contributed by atoms with Crippen LogP contribution in [-0.2, 0) is 0 Å². The third kappa shape index (κ3) is 4.83. The number of nitrogens with zero attached hydrogens (tertiary/aromatic N) is 3. The van der Waals surface area contributed by atoms with Gasteiger partial charge in [-0.15, -0.1) is 11.6 Å². The standard InChI is InChI=1S/C21H27ClN4/c1-3-26(4-2)15-14-23-19-6-5-7-20-18(19)12-13-21(25-20)24-17-10-8-16(22)9-11-17/h5-8,10,12-13,16,23H,3-4,9,11,14-15H2,1-2H3. The number of aromatic nitrogens is 1. The number of allylic oxidation sites excluding steroid dienone is 2. The van der Waals surface area contributed by atoms with E-state index in [2.05, 4.69) is 41.2 Å². The summed E-state index contributed by atoms with van der Waals surface area (Å²) >= 11 is 6.09. The lowest BCUT2D eigenvalue weighted by atomic mass is 10.1. The van der Waals surface area contributed by atoms with Gasteiger partial charge in [-0.3, -0.25) is 0 Å². The normalized spacial score (nSPS) is 18.8. The van der Waals surface area contributed by atoms with Crippen molar-refractivity contribution in [1.29, 1.82) is 0 Å². The summed E-state index contributed by atoms with van der Waals surface area (Å²) in [6, 6.07) is 10.3. The van der Waals surface area contributed by atoms with Crippen LogP contribution < -0.4 is 5.32 Å². The molecule has 1 aliphatic rings. The molecule has 1 unspecified atom stereocenters. The second kappa shape index (κ2) is 9.15. The molecule has 138 valence electrons. The summed E-state index contributed by atoms with van der Waals surface area (Å²) < 4.78 is 0. The highest BCUT2D eigenvalue weighted by Crippen LogP contribution is 2.25. The number of fused-ring (bicyclic) bond motifs is 1. The highest BCUT2D eigenvalue weighted by molar-refractivity contribution is 6.22. The Morgan fingerprint density at radius 2 is 2.08 bits per heavy atom. The van der Waals surface area contributed by atoms with Gasteiger partial charge in [-0.1, -0.05) is 26.0 Å². The Balaban J connectivity index is 1.75. The lowest BCUT2D eigenvalue weighted by Crippen LogP contribution is -2.28. The molecule has 0 radical (unpaired) electrons. The molecule has 0 bridgehead atoms. The second-order valence-corrected chi connectivity index (χ2v) is 7.07. The molecule has 2 aromatic rings. The average Bonchev–Trinajstić information content (AvgIpc) is 2.67. The van der Waals surface area contributed by atoms with Crippen LogP contribution in [0.1, 0.15) is 26.7 Å². The van der Waals surface area contributed by atoms with Crippen LogP contribution in [0.15, 0.2) is 47.5 Å². The minimum atomic E-state index is 0.128. The first-order valence-electron chi connectivity index (χ1n) is 9.45. The van der Waals surface area contributed by atoms with Gasteiger partial charge in [-0.25, -0.2) is 9.98 Å². The van der Waals surface area contributed by atoms with Gasteiger partial charge in [0.1, 0.15) is 0 Å². The van der Waals surface area contributed by atoms with Gasteiger partial charge in [0.05, 0.1) is 10.9 Å². The zero-order valence-corrected chi connectivity index (χ0v) is 16.3. The number of hydrogen-bond acceptors (Lipinski definition) is 4. The van der Waals surface area contributed by atoms with Gasteiger partial charge in [0.15, 0.2) is 5.82 Å². The first-order valence-corrected chi connectivity index (χ1v) is 9.89. The molecule has 0 amide bonds. The lowest BCUT2D eigenvalue weighted by molar-refractivity contribution is 0.316. The topological polar surface area (TPSA) is 40.5 Å². The zero-order chi connectivity index (χ0) is 18.4. The van der Waals surface area contributed by atoms with Crippen molar-refractivity contribution >= 4 is 39.7 Å². The molecule has 1 aromatic carbocycles. The van der Waals surface area contributed by atoms with Crippen molar-refractivity contribution in [2.75, 3.05) is 31.5 Å². The van der Waals surface area contributed by atoms with Gasteiger partial charge in [0.2, 0.25) is 0 Å². The lowest BCUT2D eigenvalue weighted by Gasteiger charge is -2.19. The van der Waals surface area contributed by atoms with Gasteiger partial charge in [-0.05, 0) is 56.3 Å². The summed E-state index contributed by atoms with van der Waals surface area (Å²) in [5.41, 5.74) is 3.14. The largest absolute Gasteiger partial charge is 0.383 e. The van der Waals surface area contributed by atoms with Crippen LogP contribution in [0.2, 0.25) is 0 Å². The Kier molecular flexibility index (Phi) is 6.64. The number of aliphatic imine (C=N–C) groups is 1. The predicted octanol–water partition coefficient (Wildman–Crippen LogP) is 5.02. The number of halogens is 1. The maximum Gasteiger partial charge on any atom is 0.152 e. The predicted molar refractivity (Wildman–Crippen MR) is 113 cm³/mol. The first-order chi connectivity index (χ1) is 12.7. The van der Waals surface area contributed by atoms with Crippen LogP contribution in [0, 0.1) is 0 Å². The molecule has 1 N–H and O–H groups in total. The van der Waals surface area contributed by atoms with E-state index in [-0.39, 0.29) is 5.38 Å². The molecule has 26 heavy (non-hydrogen) atoms. The molecule has 5 heteroatoms. The summed E-state index contributed by atoms with van der Waals surface area (Å²) in [5, 5.41) is 4.81. The Hall–Kier alpha value is -1.91. The maximum atomic E-state index is 6.09. The SMILES string of the molecule is CCN(CC)CCNc1cccc2nc(N=C3C=CC(Cl)CC3)ccc12. The fourth-order valence-electron chi connectivity index (χ4n) is 3.17. The van der Waals surface area contributed by atoms with Crippen LogP contribution in [0.4, 0.5) is 11.5 Å². The molecule has 0 saturated carbocycles. The Labute approximate surface area is 161 Å². The molecule has 1 aromatic heterocycles. The molecule has 0 saturated heterocycles. The maximum absolute atomic E-state index is 6.09. The van der Waals surface area contributed by atoms with Crippen molar-refractivity contribution in [1.82, 2.24) is 9.88 Å². The molecular formula is C21H27ClN4. The molecule has 3 rings (SSSR count). The van der Waals surface area contributed by atoms with Gasteiger partial charge in [-0.2, -0.15) is 0 Å². The molecule has 1 aliphatic carbocycles. The van der Waals surface area contributed by atoms with E-state index in [1.54, 1.807) is 0 Å². The summed E-state index contributed by atoms with van der Waals surface area (Å²) in [7, 11) is 0. The number of hydrogen-bond donors (Lipinski definition) is 1. The van der Waals surface area contributed by atoms with Crippen molar-refractivity contribution in [3.8, 4) is 0 Å². The third-order valence-corrected chi connectivity index (χ3v) is 5.15. The molecule has 0 aliphatic heterocycles. The first kappa shape index (κ1) is 18.9. The van der Waals surface area contributed by atoms with Crippen LogP contribution in [0.5, 0.6) is 0 Å². The summed E-state index contributed by atoms with van der Waals surface area (Å²) in [6.45, 7) is 8.52. The number of pyridine rings is 1. The molecule has 0 spiro atoms. The highest BCUT2D eigenvalue weighted by Gasteiger charge is 2.09. The Bertz CT molecular complexity index is 796. The van der Waals surface area contributed by atoms with Crippen molar-refractivity contribution in [3.63, 3.8) is 0 Å². The van der Waals surface area contributed by atoms with E-state index in [4.69, 9.17) is 16.6 Å². The minimum absolute atomic E-state index is 0.128. The van der Waals surface area contributed by atoms with Gasteiger partial charge in [0, 0.05) is 29.9 Å². The van der Waals surface area contributed by atoms with E-state index >= 15 is 0 Å². The van der Waals surface area contributed by atoms with Gasteiger partial charge < -0.3 is 10.2 Å². The second-order valence-electron chi connectivity index (χ2n) is 6.51. The monoisotopic (exact) mass is 370 g/mol. The van der Waals surface area contributed by atoms with E-state index in [1.807, 2.05) is 30.4 Å². The van der Waals surface area contributed by atoms with Gasteiger partial charge >= 0.3 is 0 Å². The van der Waals surface area contributed by atoms with Crippen molar-refractivity contribution in [2.45, 2.75) is 32.1 Å². The Morgan fingerprint density at radius 3 is 2.81 bits per heavy atom. The number of rotatable bonds is 7. The Morgan fingerprint density at radius 1 is 1.23 bits per heavy atom. The number of anilines is 1. The van der Waals surface area contributed by atoms with Crippen molar-refractivity contribution in [2.24, 2.45) is 4.99 Å². The van der Waals surface area contributed by atoms with Gasteiger partial charge in [0.25, 0.3) is 0 Å². The highest BCUT2D eigenvalue weighted by atomic mass is 35.5. The fourth-order valence-corrected chi connectivity index (χ4v) is 3.35. The zero-order valence-electron chi connectivity index (χ0n) is 15.6. The average molecular weight is 371 g/mol. The smallest absolute Gasteiger partial charge is 0.152 e. The summed E-state index contributed by atoms with van der Waals surface area (Å²) in [6.07, 6.45) is 5.85. The van der Waals surface area contributed by atoms with E-state index in [9.17, 15) is 0 Å². The quantitative estimate of drug-likeness (QED) is 0.696. The number of likely N-dealkylation sites (N-methyl/N-ethyl adjacent to an activating group) is 1.